The first-order valence-electron chi connectivity index (χ1n) is 8.11. The quantitative estimate of drug-likeness (QED) is 0.863. The van der Waals surface area contributed by atoms with Crippen molar-refractivity contribution in [3.63, 3.8) is 0 Å². The number of likely N-dealkylation sites (tertiary alicyclic amines) is 2. The van der Waals surface area contributed by atoms with Crippen LogP contribution < -0.4 is 4.74 Å². The number of nitrogens with zero attached hydrogens (tertiary/aromatic N) is 2. The normalized spacial score (nSPS) is 23.8. The second kappa shape index (κ2) is 6.76. The fraction of sp³-hybridized carbons (Fsp3) is 0.529. The number of carbonyl (C=O) groups excluding carboxylic acids is 2. The standard InChI is InChI=1S/C17H21FN2O4/c18-13-3-1-4-14(9-13)24-12-17(23)6-8-20(11-17)16(22)10-19-7-2-5-15(19)21/h1,3-4,9,23H,2,5-8,10-12H2/t17-/m0/s1. The zero-order valence-corrected chi connectivity index (χ0v) is 13.4. The molecule has 6 nitrogen and oxygen atoms in total. The van der Waals surface area contributed by atoms with Gasteiger partial charge in [-0.3, -0.25) is 9.59 Å². The zero-order valence-electron chi connectivity index (χ0n) is 13.4. The predicted molar refractivity (Wildman–Crippen MR) is 83.9 cm³/mol. The first kappa shape index (κ1) is 16.7. The van der Waals surface area contributed by atoms with Crippen LogP contribution >= 0.6 is 0 Å². The molecule has 2 heterocycles. The summed E-state index contributed by atoms with van der Waals surface area (Å²) in [4.78, 5) is 27.0. The number of aliphatic hydroxyl groups is 1. The number of hydrogen-bond acceptors (Lipinski definition) is 4. The van der Waals surface area contributed by atoms with Gasteiger partial charge in [-0.05, 0) is 25.0 Å². The summed E-state index contributed by atoms with van der Waals surface area (Å²) in [5.41, 5.74) is -1.16. The number of carbonyl (C=O) groups is 2. The van der Waals surface area contributed by atoms with E-state index in [2.05, 4.69) is 0 Å². The van der Waals surface area contributed by atoms with Gasteiger partial charge in [-0.15, -0.1) is 0 Å². The van der Waals surface area contributed by atoms with Crippen LogP contribution in [-0.2, 0) is 9.59 Å². The minimum atomic E-state index is -1.16. The molecule has 0 bridgehead atoms. The fourth-order valence-corrected chi connectivity index (χ4v) is 3.10. The Balaban J connectivity index is 1.51. The van der Waals surface area contributed by atoms with Gasteiger partial charge in [0.1, 0.15) is 23.8 Å². The van der Waals surface area contributed by atoms with Crippen LogP contribution in [0.15, 0.2) is 24.3 Å². The first-order valence-corrected chi connectivity index (χ1v) is 8.11. The molecule has 2 saturated heterocycles. The molecule has 130 valence electrons. The molecule has 7 heteroatoms. The van der Waals surface area contributed by atoms with Crippen molar-refractivity contribution < 1.29 is 23.8 Å². The molecule has 0 aromatic heterocycles. The van der Waals surface area contributed by atoms with Crippen molar-refractivity contribution in [2.24, 2.45) is 0 Å². The molecule has 1 aromatic carbocycles. The summed E-state index contributed by atoms with van der Waals surface area (Å²) < 4.78 is 18.6. The van der Waals surface area contributed by atoms with E-state index in [4.69, 9.17) is 4.74 Å². The van der Waals surface area contributed by atoms with E-state index in [0.29, 0.717) is 31.7 Å². The third kappa shape index (κ3) is 3.84. The Kier molecular flexibility index (Phi) is 4.71. The van der Waals surface area contributed by atoms with Crippen molar-refractivity contribution in [3.8, 4) is 5.75 Å². The number of halogens is 1. The van der Waals surface area contributed by atoms with Gasteiger partial charge in [-0.1, -0.05) is 6.07 Å². The minimum absolute atomic E-state index is 0.00671. The Hall–Kier alpha value is -2.15. The molecule has 2 aliphatic heterocycles. The Labute approximate surface area is 139 Å². The largest absolute Gasteiger partial charge is 0.490 e. The molecule has 0 spiro atoms. The highest BCUT2D eigenvalue weighted by Gasteiger charge is 2.39. The van der Waals surface area contributed by atoms with Crippen molar-refractivity contribution in [2.75, 3.05) is 32.8 Å². The molecular formula is C17H21FN2O4. The zero-order chi connectivity index (χ0) is 17.2. The van der Waals surface area contributed by atoms with E-state index in [9.17, 15) is 19.1 Å². The molecule has 2 fully saturated rings. The van der Waals surface area contributed by atoms with Crippen LogP contribution in [0.4, 0.5) is 4.39 Å². The number of rotatable bonds is 5. The van der Waals surface area contributed by atoms with Crippen LogP contribution in [-0.4, -0.2) is 65.1 Å². The second-order valence-corrected chi connectivity index (χ2v) is 6.45. The van der Waals surface area contributed by atoms with Crippen LogP contribution in [0.5, 0.6) is 5.75 Å². The van der Waals surface area contributed by atoms with Gasteiger partial charge < -0.3 is 19.6 Å². The van der Waals surface area contributed by atoms with E-state index >= 15 is 0 Å². The predicted octanol–water partition coefficient (Wildman–Crippen LogP) is 0.790. The van der Waals surface area contributed by atoms with Gasteiger partial charge in [-0.25, -0.2) is 4.39 Å². The van der Waals surface area contributed by atoms with Gasteiger partial charge in [-0.2, -0.15) is 0 Å². The van der Waals surface area contributed by atoms with E-state index in [1.165, 1.54) is 18.2 Å². The summed E-state index contributed by atoms with van der Waals surface area (Å²) in [5, 5.41) is 10.6. The Morgan fingerprint density at radius 1 is 1.38 bits per heavy atom. The summed E-state index contributed by atoms with van der Waals surface area (Å²) in [6.07, 6.45) is 1.68. The van der Waals surface area contributed by atoms with Crippen molar-refractivity contribution in [1.29, 1.82) is 0 Å². The summed E-state index contributed by atoms with van der Waals surface area (Å²) in [7, 11) is 0. The Morgan fingerprint density at radius 2 is 2.21 bits per heavy atom. The van der Waals surface area contributed by atoms with Crippen LogP contribution in [0, 0.1) is 5.82 Å². The van der Waals surface area contributed by atoms with E-state index in [0.717, 1.165) is 6.42 Å². The number of ether oxygens (including phenoxy) is 1. The molecule has 2 aliphatic rings. The van der Waals surface area contributed by atoms with Crippen LogP contribution in [0.1, 0.15) is 19.3 Å². The minimum Gasteiger partial charge on any atom is -0.490 e. The van der Waals surface area contributed by atoms with Gasteiger partial charge >= 0.3 is 0 Å². The SMILES string of the molecule is O=C1CCCN1CC(=O)N1CC[C@@](O)(COc2cccc(F)c2)C1. The van der Waals surface area contributed by atoms with Crippen molar-refractivity contribution in [2.45, 2.75) is 24.9 Å². The van der Waals surface area contributed by atoms with Gasteiger partial charge in [0.25, 0.3) is 0 Å². The highest BCUT2D eigenvalue weighted by molar-refractivity contribution is 5.86. The number of benzene rings is 1. The molecule has 0 unspecified atom stereocenters. The molecule has 2 amide bonds. The van der Waals surface area contributed by atoms with Crippen LogP contribution in [0.25, 0.3) is 0 Å². The van der Waals surface area contributed by atoms with Crippen molar-refractivity contribution >= 4 is 11.8 Å². The third-order valence-electron chi connectivity index (χ3n) is 4.49. The average molecular weight is 336 g/mol. The monoisotopic (exact) mass is 336 g/mol. The summed E-state index contributed by atoms with van der Waals surface area (Å²) >= 11 is 0. The Bertz CT molecular complexity index is 639. The van der Waals surface area contributed by atoms with Gasteiger partial charge in [0.15, 0.2) is 0 Å². The van der Waals surface area contributed by atoms with Crippen LogP contribution in [0.2, 0.25) is 0 Å². The molecule has 0 radical (unpaired) electrons. The highest BCUT2D eigenvalue weighted by atomic mass is 19.1. The molecule has 24 heavy (non-hydrogen) atoms. The average Bonchev–Trinajstić information content (AvgIpc) is 3.13. The lowest BCUT2D eigenvalue weighted by Crippen LogP contribution is -2.44. The smallest absolute Gasteiger partial charge is 0.242 e. The van der Waals surface area contributed by atoms with Gasteiger partial charge in [0.2, 0.25) is 11.8 Å². The summed E-state index contributed by atoms with van der Waals surface area (Å²) in [6.45, 7) is 1.25. The van der Waals surface area contributed by atoms with E-state index in [-0.39, 0.29) is 31.5 Å². The lowest BCUT2D eigenvalue weighted by atomic mass is 10.1. The number of hydrogen-bond donors (Lipinski definition) is 1. The van der Waals surface area contributed by atoms with E-state index in [1.807, 2.05) is 0 Å². The summed E-state index contributed by atoms with van der Waals surface area (Å²) in [6, 6.07) is 5.72. The lowest BCUT2D eigenvalue weighted by Gasteiger charge is -2.25. The molecule has 1 atom stereocenters. The maximum atomic E-state index is 13.1. The van der Waals surface area contributed by atoms with Crippen LogP contribution in [0.3, 0.4) is 0 Å². The topological polar surface area (TPSA) is 70.1 Å². The fourth-order valence-electron chi connectivity index (χ4n) is 3.10. The van der Waals surface area contributed by atoms with E-state index < -0.39 is 11.4 Å². The third-order valence-corrected chi connectivity index (χ3v) is 4.49. The van der Waals surface area contributed by atoms with Crippen molar-refractivity contribution in [3.05, 3.63) is 30.1 Å². The van der Waals surface area contributed by atoms with E-state index in [1.54, 1.807) is 15.9 Å². The molecule has 3 rings (SSSR count). The Morgan fingerprint density at radius 3 is 2.92 bits per heavy atom. The summed E-state index contributed by atoms with van der Waals surface area (Å²) in [5.74, 6) is -0.215. The molecular weight excluding hydrogens is 315 g/mol. The number of amides is 2. The lowest BCUT2D eigenvalue weighted by molar-refractivity contribution is -0.138. The first-order chi connectivity index (χ1) is 11.5. The maximum absolute atomic E-state index is 13.1. The highest BCUT2D eigenvalue weighted by Crippen LogP contribution is 2.24. The maximum Gasteiger partial charge on any atom is 0.242 e. The number of β-amino-alcohol motifs (C(OH)–C–C–N with tert-alkyl or cyclic N) is 1. The van der Waals surface area contributed by atoms with Gasteiger partial charge in [0.05, 0.1) is 13.1 Å². The second-order valence-electron chi connectivity index (χ2n) is 6.45. The molecule has 1 aromatic rings. The molecule has 1 N–H and O–H groups in total. The molecule has 0 aliphatic carbocycles. The van der Waals surface area contributed by atoms with Crippen molar-refractivity contribution in [1.82, 2.24) is 9.80 Å². The van der Waals surface area contributed by atoms with Gasteiger partial charge in [0, 0.05) is 25.6 Å². The molecule has 0 saturated carbocycles.